The van der Waals surface area contributed by atoms with E-state index in [9.17, 15) is 0 Å². The molecule has 56 heavy (non-hydrogen) atoms. The van der Waals surface area contributed by atoms with E-state index in [0.717, 1.165) is 77.4 Å². The second-order valence-corrected chi connectivity index (χ2v) is 14.5. The molecule has 0 N–H and O–H groups in total. The van der Waals surface area contributed by atoms with Crippen molar-refractivity contribution in [3.63, 3.8) is 0 Å². The van der Waals surface area contributed by atoms with Crippen molar-refractivity contribution in [2.45, 2.75) is 0 Å². The highest BCUT2D eigenvalue weighted by atomic mass is 14.8. The van der Waals surface area contributed by atoms with Crippen LogP contribution < -0.4 is 0 Å². The van der Waals surface area contributed by atoms with Gasteiger partial charge in [0.1, 0.15) is 0 Å². The van der Waals surface area contributed by atoms with Crippen LogP contribution in [0.25, 0.3) is 65.3 Å². The molecule has 0 spiro atoms. The monoisotopic (exact) mass is 710 g/mol. The number of nitrogens with zero attached hydrogens (tertiary/aromatic N) is 2. The summed E-state index contributed by atoms with van der Waals surface area (Å²) in [5.41, 5.74) is 12.5. The molecule has 10 aromatic carbocycles. The largest absolute Gasteiger partial charge is 0.247 e. The van der Waals surface area contributed by atoms with Crippen molar-refractivity contribution in [3.8, 4) is 22.3 Å². The standard InChI is InChI=1S/C54H34N2/c1-3-15-35(16-4-1)41-23-11-27-45-43(41)25-13-29-47(45)53-49-31-37-19-7-9-21-39(37)33-51(49)56-54(50-32-38-20-8-10-22-40(38)34-52(50)55-53)48-30-14-26-44-42(24-12-28-46(44)48)36-17-5-2-6-18-36/h1-34H/b53-49?,54-50?,55-52?,55-53-,56-51?,56-54-. The maximum absolute atomic E-state index is 5.78. The Morgan fingerprint density at radius 3 is 0.946 bits per heavy atom. The Bertz CT molecular complexity index is 3010. The fourth-order valence-electron chi connectivity index (χ4n) is 8.56. The molecule has 10 aromatic rings. The van der Waals surface area contributed by atoms with Gasteiger partial charge in [-0.2, -0.15) is 0 Å². The first-order chi connectivity index (χ1) is 27.8. The van der Waals surface area contributed by atoms with Crippen molar-refractivity contribution in [2.24, 2.45) is 9.98 Å². The number of aliphatic imine (C=N–C) groups is 2. The minimum absolute atomic E-state index is 0.892. The maximum atomic E-state index is 5.78. The summed E-state index contributed by atoms with van der Waals surface area (Å²) in [6.45, 7) is 0. The van der Waals surface area contributed by atoms with E-state index in [0.29, 0.717) is 0 Å². The SMILES string of the molecule is c1ccc(-c2cccc3c(/C4=N/c5cc6ccccc6cc5/C(c5cccc6c(-c7ccccc7)cccc56)=N\c5cc6ccccc6cc54)cccc23)cc1. The fraction of sp³-hybridized carbons (Fsp3) is 0. The summed E-state index contributed by atoms with van der Waals surface area (Å²) in [4.78, 5) is 11.6. The molecular formula is C54H34N2. The molecule has 0 bridgehead atoms. The first kappa shape index (κ1) is 32.0. The molecule has 0 atom stereocenters. The van der Waals surface area contributed by atoms with Crippen LogP contribution in [0.1, 0.15) is 22.3 Å². The Morgan fingerprint density at radius 1 is 0.232 bits per heavy atom. The summed E-state index contributed by atoms with van der Waals surface area (Å²) in [5.74, 6) is 0. The molecule has 0 saturated heterocycles. The van der Waals surface area contributed by atoms with Crippen molar-refractivity contribution in [3.05, 3.63) is 229 Å². The second-order valence-electron chi connectivity index (χ2n) is 14.5. The van der Waals surface area contributed by atoms with Gasteiger partial charge in [-0.25, -0.2) is 9.98 Å². The number of hydrogen-bond donors (Lipinski definition) is 0. The third-order valence-electron chi connectivity index (χ3n) is 11.2. The van der Waals surface area contributed by atoms with E-state index < -0.39 is 0 Å². The number of rotatable bonds is 4. The molecule has 0 amide bonds. The van der Waals surface area contributed by atoms with Crippen LogP contribution in [0, 0.1) is 0 Å². The molecule has 1 aliphatic rings. The van der Waals surface area contributed by atoms with Crippen LogP contribution in [0.15, 0.2) is 216 Å². The normalized spacial score (nSPS) is 14.4. The van der Waals surface area contributed by atoms with E-state index in [1.807, 2.05) is 0 Å². The van der Waals surface area contributed by atoms with E-state index >= 15 is 0 Å². The molecule has 0 unspecified atom stereocenters. The summed E-state index contributed by atoms with van der Waals surface area (Å²) < 4.78 is 0. The smallest absolute Gasteiger partial charge is 0.0809 e. The predicted octanol–water partition coefficient (Wildman–Crippen LogP) is 14.3. The van der Waals surface area contributed by atoms with Gasteiger partial charge in [0, 0.05) is 22.3 Å². The molecule has 0 radical (unpaired) electrons. The zero-order valence-corrected chi connectivity index (χ0v) is 30.5. The Kier molecular flexibility index (Phi) is 7.53. The van der Waals surface area contributed by atoms with Crippen LogP contribution >= 0.6 is 0 Å². The molecule has 0 aromatic heterocycles. The topological polar surface area (TPSA) is 24.7 Å². The zero-order valence-electron chi connectivity index (χ0n) is 30.5. The number of fused-ring (bicyclic) bond motifs is 6. The Hall–Kier alpha value is -7.42. The highest BCUT2D eigenvalue weighted by Gasteiger charge is 2.24. The number of benzene rings is 10. The van der Waals surface area contributed by atoms with Gasteiger partial charge in [0.2, 0.25) is 0 Å². The predicted molar refractivity (Wildman–Crippen MR) is 237 cm³/mol. The number of hydrogen-bond acceptors (Lipinski definition) is 2. The van der Waals surface area contributed by atoms with Gasteiger partial charge in [0.25, 0.3) is 0 Å². The van der Waals surface area contributed by atoms with Crippen LogP contribution in [0.4, 0.5) is 11.4 Å². The van der Waals surface area contributed by atoms with E-state index in [1.165, 1.54) is 33.0 Å². The quantitative estimate of drug-likeness (QED) is 0.174. The highest BCUT2D eigenvalue weighted by Crippen LogP contribution is 2.41. The summed E-state index contributed by atoms with van der Waals surface area (Å²) in [6.07, 6.45) is 0. The lowest BCUT2D eigenvalue weighted by molar-refractivity contribution is 1.42. The van der Waals surface area contributed by atoms with Crippen molar-refractivity contribution < 1.29 is 0 Å². The third-order valence-corrected chi connectivity index (χ3v) is 11.2. The second kappa shape index (κ2) is 13.2. The highest BCUT2D eigenvalue weighted by molar-refractivity contribution is 6.29. The minimum atomic E-state index is 0.892. The lowest BCUT2D eigenvalue weighted by atomic mass is 9.88. The summed E-state index contributed by atoms with van der Waals surface area (Å²) in [5, 5.41) is 9.27. The van der Waals surface area contributed by atoms with Gasteiger partial charge in [-0.05, 0) is 89.6 Å². The Morgan fingerprint density at radius 2 is 0.554 bits per heavy atom. The minimum Gasteiger partial charge on any atom is -0.247 e. The van der Waals surface area contributed by atoms with Crippen molar-refractivity contribution in [1.29, 1.82) is 0 Å². The van der Waals surface area contributed by atoms with E-state index in [2.05, 4.69) is 206 Å². The van der Waals surface area contributed by atoms with E-state index in [4.69, 9.17) is 9.98 Å². The average Bonchev–Trinajstić information content (AvgIpc) is 3.26. The molecule has 0 aliphatic carbocycles. The fourth-order valence-corrected chi connectivity index (χ4v) is 8.56. The molecule has 260 valence electrons. The average molecular weight is 711 g/mol. The van der Waals surface area contributed by atoms with E-state index in [-0.39, 0.29) is 0 Å². The van der Waals surface area contributed by atoms with Gasteiger partial charge in [0.05, 0.1) is 22.8 Å². The van der Waals surface area contributed by atoms with Crippen molar-refractivity contribution in [2.75, 3.05) is 0 Å². The molecule has 11 rings (SSSR count). The van der Waals surface area contributed by atoms with Gasteiger partial charge in [-0.15, -0.1) is 0 Å². The van der Waals surface area contributed by atoms with Crippen LogP contribution in [-0.2, 0) is 0 Å². The molecule has 1 aliphatic heterocycles. The van der Waals surface area contributed by atoms with Gasteiger partial charge < -0.3 is 0 Å². The summed E-state index contributed by atoms with van der Waals surface area (Å²) in [7, 11) is 0. The van der Waals surface area contributed by atoms with Gasteiger partial charge in [-0.3, -0.25) is 0 Å². The van der Waals surface area contributed by atoms with Crippen LogP contribution in [0.2, 0.25) is 0 Å². The summed E-state index contributed by atoms with van der Waals surface area (Å²) >= 11 is 0. The maximum Gasteiger partial charge on any atom is 0.0809 e. The molecule has 1 heterocycles. The zero-order chi connectivity index (χ0) is 37.0. The Balaban J connectivity index is 1.24. The van der Waals surface area contributed by atoms with E-state index in [1.54, 1.807) is 0 Å². The van der Waals surface area contributed by atoms with Crippen LogP contribution in [0.5, 0.6) is 0 Å². The van der Waals surface area contributed by atoms with Crippen molar-refractivity contribution in [1.82, 2.24) is 0 Å². The van der Waals surface area contributed by atoms with Crippen molar-refractivity contribution >= 4 is 65.9 Å². The lowest BCUT2D eigenvalue weighted by Gasteiger charge is -2.21. The molecule has 0 fully saturated rings. The lowest BCUT2D eigenvalue weighted by Crippen LogP contribution is -2.11. The van der Waals surface area contributed by atoms with Crippen LogP contribution in [0.3, 0.4) is 0 Å². The first-order valence-corrected chi connectivity index (χ1v) is 19.2. The Labute approximate surface area is 325 Å². The summed E-state index contributed by atoms with van der Waals surface area (Å²) in [6, 6.07) is 74.0. The molecule has 0 saturated carbocycles. The van der Waals surface area contributed by atoms with Gasteiger partial charge >= 0.3 is 0 Å². The molecule has 2 nitrogen and oxygen atoms in total. The van der Waals surface area contributed by atoms with Crippen LogP contribution in [-0.4, -0.2) is 11.4 Å². The molecule has 2 heteroatoms. The first-order valence-electron chi connectivity index (χ1n) is 19.2. The molecular weight excluding hydrogens is 677 g/mol. The van der Waals surface area contributed by atoms with Gasteiger partial charge in [0.15, 0.2) is 0 Å². The third kappa shape index (κ3) is 5.34. The van der Waals surface area contributed by atoms with Gasteiger partial charge in [-0.1, -0.05) is 182 Å².